The Labute approximate surface area is 162 Å². The lowest BCUT2D eigenvalue weighted by molar-refractivity contribution is -0.130. The number of carbonyl (C=O) groups excluding carboxylic acids is 1. The van der Waals surface area contributed by atoms with E-state index in [1.807, 2.05) is 16.7 Å². The average molecular weight is 390 g/mol. The minimum absolute atomic E-state index is 0.150. The van der Waals surface area contributed by atoms with Crippen LogP contribution in [0.3, 0.4) is 0 Å². The summed E-state index contributed by atoms with van der Waals surface area (Å²) in [6.07, 6.45) is 1.75. The molecule has 0 saturated carbocycles. The van der Waals surface area contributed by atoms with Gasteiger partial charge in [-0.2, -0.15) is 5.26 Å². The first-order valence-electron chi connectivity index (χ1n) is 7.91. The molecule has 1 amide bonds. The molecule has 1 aromatic carbocycles. The number of hydrogen-bond acceptors (Lipinski definition) is 5. The second-order valence-corrected chi connectivity index (χ2v) is 7.50. The first-order valence-corrected chi connectivity index (χ1v) is 9.27. The van der Waals surface area contributed by atoms with Crippen LogP contribution in [0.4, 0.5) is 0 Å². The van der Waals surface area contributed by atoms with E-state index in [9.17, 15) is 4.79 Å². The lowest BCUT2D eigenvalue weighted by atomic mass is 10.1. The zero-order valence-corrected chi connectivity index (χ0v) is 16.5. The fraction of sp³-hybridized carbons (Fsp3) is 0.333. The Hall–Kier alpha value is -2.30. The van der Waals surface area contributed by atoms with E-state index >= 15 is 0 Å². The number of allylic oxidation sites excluding steroid dienone is 1. The molecule has 0 atom stereocenters. The third-order valence-electron chi connectivity index (χ3n) is 3.94. The van der Waals surface area contributed by atoms with E-state index in [1.165, 1.54) is 16.7 Å². The molecule has 0 N–H and O–H groups in total. The molecule has 1 aromatic heterocycles. The van der Waals surface area contributed by atoms with E-state index in [2.05, 4.69) is 22.8 Å². The van der Waals surface area contributed by atoms with Crippen LogP contribution >= 0.6 is 23.4 Å². The van der Waals surface area contributed by atoms with Gasteiger partial charge in [0.2, 0.25) is 5.91 Å². The first-order chi connectivity index (χ1) is 12.3. The van der Waals surface area contributed by atoms with Gasteiger partial charge in [0.05, 0.1) is 11.8 Å². The van der Waals surface area contributed by atoms with E-state index in [0.29, 0.717) is 22.5 Å². The minimum Gasteiger partial charge on any atom is -0.327 e. The summed E-state index contributed by atoms with van der Waals surface area (Å²) >= 11 is 7.22. The van der Waals surface area contributed by atoms with Crippen molar-refractivity contribution in [2.24, 2.45) is 0 Å². The largest absolute Gasteiger partial charge is 0.327 e. The summed E-state index contributed by atoms with van der Waals surface area (Å²) in [4.78, 5) is 13.8. The molecule has 2 rings (SSSR count). The molecular weight excluding hydrogens is 370 g/mol. The molecule has 136 valence electrons. The average Bonchev–Trinajstić information content (AvgIpc) is 3.02. The summed E-state index contributed by atoms with van der Waals surface area (Å²) in [6, 6.07) is 9.44. The number of benzene rings is 1. The molecule has 6 nitrogen and oxygen atoms in total. The predicted molar refractivity (Wildman–Crippen MR) is 104 cm³/mol. The Morgan fingerprint density at radius 3 is 2.65 bits per heavy atom. The van der Waals surface area contributed by atoms with Crippen LogP contribution in [-0.4, -0.2) is 43.9 Å². The van der Waals surface area contributed by atoms with E-state index in [1.54, 1.807) is 39.1 Å². The standard InChI is InChI=1S/C18H20ClN5OS/c1-5-10-24-16(13-6-8-14(19)9-7-13)21-22-17(24)26-11-15(25)23(4)18(2,3)12-20/h5-9H,1,10-11H2,2-4H3. The monoisotopic (exact) mass is 389 g/mol. The highest BCUT2D eigenvalue weighted by Crippen LogP contribution is 2.26. The number of halogens is 1. The highest BCUT2D eigenvalue weighted by Gasteiger charge is 2.27. The van der Waals surface area contributed by atoms with Crippen LogP contribution in [-0.2, 0) is 11.3 Å². The highest BCUT2D eigenvalue weighted by molar-refractivity contribution is 7.99. The summed E-state index contributed by atoms with van der Waals surface area (Å²) in [6.45, 7) is 7.69. The van der Waals surface area contributed by atoms with Crippen molar-refractivity contribution in [3.05, 3.63) is 41.9 Å². The lowest BCUT2D eigenvalue weighted by Crippen LogP contribution is -2.44. The van der Waals surface area contributed by atoms with Gasteiger partial charge in [-0.3, -0.25) is 9.36 Å². The van der Waals surface area contributed by atoms with Gasteiger partial charge in [-0.05, 0) is 38.1 Å². The fourth-order valence-corrected chi connectivity index (χ4v) is 3.10. The highest BCUT2D eigenvalue weighted by atomic mass is 35.5. The zero-order valence-electron chi connectivity index (χ0n) is 14.9. The van der Waals surface area contributed by atoms with Gasteiger partial charge in [-0.1, -0.05) is 29.4 Å². The van der Waals surface area contributed by atoms with Crippen molar-refractivity contribution in [2.75, 3.05) is 12.8 Å². The predicted octanol–water partition coefficient (Wildman–Crippen LogP) is 3.64. The van der Waals surface area contributed by atoms with Gasteiger partial charge < -0.3 is 4.90 Å². The molecule has 0 aliphatic heterocycles. The number of carbonyl (C=O) groups is 1. The number of nitriles is 1. The van der Waals surface area contributed by atoms with Crippen molar-refractivity contribution in [2.45, 2.75) is 31.1 Å². The second-order valence-electron chi connectivity index (χ2n) is 6.12. The van der Waals surface area contributed by atoms with E-state index in [0.717, 1.165) is 5.56 Å². The fourth-order valence-electron chi connectivity index (χ4n) is 2.11. The smallest absolute Gasteiger partial charge is 0.234 e. The summed E-state index contributed by atoms with van der Waals surface area (Å²) in [5.41, 5.74) is 0.0191. The van der Waals surface area contributed by atoms with Crippen molar-refractivity contribution >= 4 is 29.3 Å². The Morgan fingerprint density at radius 2 is 2.08 bits per heavy atom. The lowest BCUT2D eigenvalue weighted by Gasteiger charge is -2.28. The molecule has 2 aromatic rings. The molecule has 0 aliphatic rings. The van der Waals surface area contributed by atoms with Gasteiger partial charge in [0.25, 0.3) is 0 Å². The summed E-state index contributed by atoms with van der Waals surface area (Å²) in [7, 11) is 1.62. The molecular formula is C18H20ClN5OS. The van der Waals surface area contributed by atoms with Crippen LogP contribution in [0.15, 0.2) is 42.1 Å². The third-order valence-corrected chi connectivity index (χ3v) is 5.15. The number of nitrogens with zero attached hydrogens (tertiary/aromatic N) is 5. The maximum Gasteiger partial charge on any atom is 0.234 e. The molecule has 8 heteroatoms. The molecule has 0 aliphatic carbocycles. The molecule has 0 radical (unpaired) electrons. The first kappa shape index (κ1) is 20.0. The van der Waals surface area contributed by atoms with Crippen LogP contribution in [0, 0.1) is 11.3 Å². The quantitative estimate of drug-likeness (QED) is 0.533. The van der Waals surface area contributed by atoms with Crippen LogP contribution in [0.5, 0.6) is 0 Å². The third kappa shape index (κ3) is 4.45. The van der Waals surface area contributed by atoms with E-state index in [-0.39, 0.29) is 11.7 Å². The Bertz CT molecular complexity index is 838. The van der Waals surface area contributed by atoms with Crippen molar-refractivity contribution in [1.82, 2.24) is 19.7 Å². The molecule has 0 unspecified atom stereocenters. The molecule has 0 saturated heterocycles. The normalized spacial score (nSPS) is 11.0. The van der Waals surface area contributed by atoms with Crippen LogP contribution in [0.1, 0.15) is 13.8 Å². The number of hydrogen-bond donors (Lipinski definition) is 0. The maximum absolute atomic E-state index is 12.4. The van der Waals surface area contributed by atoms with Crippen LogP contribution in [0.25, 0.3) is 11.4 Å². The number of thioether (sulfide) groups is 1. The van der Waals surface area contributed by atoms with E-state index < -0.39 is 5.54 Å². The Balaban J connectivity index is 2.20. The number of rotatable bonds is 7. The Kier molecular flexibility index (Phi) is 6.46. The topological polar surface area (TPSA) is 74.8 Å². The molecule has 26 heavy (non-hydrogen) atoms. The van der Waals surface area contributed by atoms with Gasteiger partial charge >= 0.3 is 0 Å². The van der Waals surface area contributed by atoms with E-state index in [4.69, 9.17) is 16.9 Å². The van der Waals surface area contributed by atoms with Crippen LogP contribution < -0.4 is 0 Å². The molecule has 0 fully saturated rings. The summed E-state index contributed by atoms with van der Waals surface area (Å²) in [5.74, 6) is 0.697. The van der Waals surface area contributed by atoms with Crippen molar-refractivity contribution < 1.29 is 4.79 Å². The van der Waals surface area contributed by atoms with Gasteiger partial charge in [0.1, 0.15) is 5.54 Å². The van der Waals surface area contributed by atoms with Gasteiger partial charge in [-0.15, -0.1) is 16.8 Å². The Morgan fingerprint density at radius 1 is 1.42 bits per heavy atom. The summed E-state index contributed by atoms with van der Waals surface area (Å²) in [5, 5.41) is 18.9. The van der Waals surface area contributed by atoms with Gasteiger partial charge in [0.15, 0.2) is 11.0 Å². The van der Waals surface area contributed by atoms with Gasteiger partial charge in [0, 0.05) is 24.2 Å². The zero-order chi connectivity index (χ0) is 19.3. The molecule has 0 spiro atoms. The SMILES string of the molecule is C=CCn1c(SCC(=O)N(C)C(C)(C)C#N)nnc1-c1ccc(Cl)cc1. The maximum atomic E-state index is 12.4. The molecule has 1 heterocycles. The minimum atomic E-state index is -0.860. The molecule has 0 bridgehead atoms. The van der Waals surface area contributed by atoms with Crippen LogP contribution in [0.2, 0.25) is 5.02 Å². The summed E-state index contributed by atoms with van der Waals surface area (Å²) < 4.78 is 1.89. The van der Waals surface area contributed by atoms with Gasteiger partial charge in [-0.25, -0.2) is 0 Å². The van der Waals surface area contributed by atoms with Crippen molar-refractivity contribution in [3.63, 3.8) is 0 Å². The number of aromatic nitrogens is 3. The van der Waals surface area contributed by atoms with Crippen molar-refractivity contribution in [3.8, 4) is 17.5 Å². The van der Waals surface area contributed by atoms with Crippen molar-refractivity contribution in [1.29, 1.82) is 5.26 Å². The number of amides is 1. The second kappa shape index (κ2) is 8.39.